The lowest BCUT2D eigenvalue weighted by atomic mass is 9.44. The van der Waals surface area contributed by atoms with E-state index in [0.29, 0.717) is 23.8 Å². The Balaban J connectivity index is 1.76. The van der Waals surface area contributed by atoms with Gasteiger partial charge in [-0.2, -0.15) is 0 Å². The Labute approximate surface area is 150 Å². The van der Waals surface area contributed by atoms with Crippen LogP contribution in [0.25, 0.3) is 0 Å². The summed E-state index contributed by atoms with van der Waals surface area (Å²) in [6, 6.07) is 2.90. The normalized spacial score (nSPS) is 39.5. The van der Waals surface area contributed by atoms with Crippen LogP contribution in [0.5, 0.6) is 11.5 Å². The van der Waals surface area contributed by atoms with E-state index in [4.69, 9.17) is 4.74 Å². The predicted octanol–water partition coefficient (Wildman–Crippen LogP) is 3.66. The fraction of sp³-hybridized carbons (Fsp3) is 0.714. The van der Waals surface area contributed by atoms with Crippen LogP contribution in [0.2, 0.25) is 0 Å². The molecule has 25 heavy (non-hydrogen) atoms. The van der Waals surface area contributed by atoms with Crippen molar-refractivity contribution in [3.8, 4) is 11.5 Å². The average molecular weight is 342 g/mol. The fourth-order valence-electron chi connectivity index (χ4n) is 6.61. The van der Waals surface area contributed by atoms with E-state index in [2.05, 4.69) is 37.2 Å². The molecule has 1 aromatic rings. The molecule has 2 aliphatic heterocycles. The van der Waals surface area contributed by atoms with E-state index in [0.717, 1.165) is 24.4 Å². The first-order chi connectivity index (χ1) is 12.0. The molecular formula is C21H30N2O2. The van der Waals surface area contributed by atoms with Gasteiger partial charge in [0.2, 0.25) is 0 Å². The summed E-state index contributed by atoms with van der Waals surface area (Å²) in [5, 5.41) is 14.2. The molecule has 0 amide bonds. The quantitative estimate of drug-likeness (QED) is 0.706. The Kier molecular flexibility index (Phi) is 3.20. The van der Waals surface area contributed by atoms with Gasteiger partial charge in [-0.1, -0.05) is 19.8 Å². The largest absolute Gasteiger partial charge is 0.506 e. The first-order valence-electron chi connectivity index (χ1n) is 9.95. The van der Waals surface area contributed by atoms with Crippen molar-refractivity contribution in [2.75, 3.05) is 25.5 Å². The molecule has 2 heterocycles. The molecule has 0 spiro atoms. The molecule has 2 bridgehead atoms. The lowest BCUT2D eigenvalue weighted by Gasteiger charge is -2.65. The molecular weight excluding hydrogens is 312 g/mol. The maximum absolute atomic E-state index is 10.8. The summed E-state index contributed by atoms with van der Waals surface area (Å²) in [6.45, 7) is 6.45. The molecule has 2 aliphatic carbocycles. The molecule has 4 nitrogen and oxygen atoms in total. The maximum Gasteiger partial charge on any atom is 0.149 e. The molecule has 2 fully saturated rings. The second kappa shape index (κ2) is 5.06. The summed E-state index contributed by atoms with van der Waals surface area (Å²) in [7, 11) is 2.30. The van der Waals surface area contributed by atoms with E-state index in [9.17, 15) is 5.11 Å². The van der Waals surface area contributed by atoms with Gasteiger partial charge in [-0.3, -0.25) is 0 Å². The van der Waals surface area contributed by atoms with Crippen molar-refractivity contribution in [3.05, 3.63) is 17.2 Å². The van der Waals surface area contributed by atoms with Crippen LogP contribution >= 0.6 is 0 Å². The van der Waals surface area contributed by atoms with Crippen LogP contribution in [-0.2, 0) is 11.8 Å². The summed E-state index contributed by atoms with van der Waals surface area (Å²) >= 11 is 0. The highest BCUT2D eigenvalue weighted by Crippen LogP contribution is 2.65. The number of anilines is 1. The van der Waals surface area contributed by atoms with Crippen LogP contribution in [0.4, 0.5) is 5.69 Å². The Morgan fingerprint density at radius 1 is 1.28 bits per heavy atom. The Hall–Kier alpha value is -1.42. The number of likely N-dealkylation sites (tertiary alicyclic amines) is 1. The van der Waals surface area contributed by atoms with E-state index in [1.807, 2.05) is 0 Å². The minimum atomic E-state index is 0.203. The maximum atomic E-state index is 10.8. The highest BCUT2D eigenvalue weighted by Gasteiger charge is 2.61. The van der Waals surface area contributed by atoms with Crippen LogP contribution in [0, 0.1) is 5.41 Å². The number of hydrogen-bond acceptors (Lipinski definition) is 4. The molecule has 1 aromatic carbocycles. The summed E-state index contributed by atoms with van der Waals surface area (Å²) < 4.78 is 6.18. The number of hydrogen-bond donors (Lipinski definition) is 2. The van der Waals surface area contributed by atoms with E-state index in [1.165, 1.54) is 43.2 Å². The van der Waals surface area contributed by atoms with Crippen LogP contribution in [0.3, 0.4) is 0 Å². The van der Waals surface area contributed by atoms with Crippen molar-refractivity contribution in [1.29, 1.82) is 0 Å². The van der Waals surface area contributed by atoms with Gasteiger partial charge in [-0.05, 0) is 63.2 Å². The van der Waals surface area contributed by atoms with Gasteiger partial charge in [0.25, 0.3) is 0 Å². The summed E-state index contributed by atoms with van der Waals surface area (Å²) in [6.07, 6.45) is 7.44. The van der Waals surface area contributed by atoms with Gasteiger partial charge in [0.15, 0.2) is 0 Å². The number of likely N-dealkylation sites (N-methyl/N-ethyl adjacent to an activating group) is 1. The first-order valence-corrected chi connectivity index (χ1v) is 9.95. The number of benzene rings is 1. The number of nitrogens with one attached hydrogen (secondary N) is 1. The van der Waals surface area contributed by atoms with Gasteiger partial charge in [-0.25, -0.2) is 0 Å². The van der Waals surface area contributed by atoms with Gasteiger partial charge in [0.05, 0.1) is 6.04 Å². The van der Waals surface area contributed by atoms with Crippen molar-refractivity contribution < 1.29 is 9.84 Å². The Bertz CT molecular complexity index is 733. The molecule has 4 atom stereocenters. The zero-order valence-corrected chi connectivity index (χ0v) is 15.7. The number of phenols is 1. The van der Waals surface area contributed by atoms with Crippen molar-refractivity contribution >= 4 is 5.69 Å². The second-order valence-electron chi connectivity index (χ2n) is 9.14. The topological polar surface area (TPSA) is 44.7 Å². The molecule has 4 aliphatic rings. The Morgan fingerprint density at radius 3 is 2.92 bits per heavy atom. The highest BCUT2D eigenvalue weighted by atomic mass is 16.5. The van der Waals surface area contributed by atoms with Gasteiger partial charge >= 0.3 is 0 Å². The molecule has 1 saturated carbocycles. The number of fused-ring (bicyclic) bond motifs is 3. The van der Waals surface area contributed by atoms with E-state index in [-0.39, 0.29) is 11.5 Å². The minimum absolute atomic E-state index is 0.203. The summed E-state index contributed by atoms with van der Waals surface area (Å²) in [5.74, 6) is 1.31. The molecule has 0 aromatic heterocycles. The first kappa shape index (κ1) is 15.8. The molecule has 136 valence electrons. The number of nitrogens with zero attached hydrogens (tertiary/aromatic N) is 1. The average Bonchev–Trinajstić information content (AvgIpc) is 2.59. The number of phenolic OH excluding ortho intramolecular Hbond substituents is 1. The van der Waals surface area contributed by atoms with E-state index >= 15 is 0 Å². The third-order valence-electron chi connectivity index (χ3n) is 7.95. The number of piperidine rings is 1. The zero-order valence-electron chi connectivity index (χ0n) is 15.7. The standard InChI is InChI=1S/C21H30N2O2/c1-13-12-25-19-14-10-17-20(2)6-4-5-7-21(20,8-9-23(17)3)15(14)11-16(24)18(19)22-13/h11,13,17,22,24H,4-10,12H2,1-3H3. The lowest BCUT2D eigenvalue weighted by molar-refractivity contribution is -0.0740. The van der Waals surface area contributed by atoms with Gasteiger partial charge < -0.3 is 20.1 Å². The summed E-state index contributed by atoms with van der Waals surface area (Å²) in [4.78, 5) is 2.59. The third kappa shape index (κ3) is 1.87. The fourth-order valence-corrected chi connectivity index (χ4v) is 6.61. The van der Waals surface area contributed by atoms with Crippen LogP contribution in [0.15, 0.2) is 6.07 Å². The number of rotatable bonds is 0. The molecule has 5 rings (SSSR count). The van der Waals surface area contributed by atoms with Crippen molar-refractivity contribution in [1.82, 2.24) is 4.90 Å². The summed E-state index contributed by atoms with van der Waals surface area (Å²) in [5.41, 5.74) is 4.08. The molecule has 2 N–H and O–H groups in total. The van der Waals surface area contributed by atoms with E-state index < -0.39 is 0 Å². The van der Waals surface area contributed by atoms with E-state index in [1.54, 1.807) is 0 Å². The Morgan fingerprint density at radius 2 is 2.08 bits per heavy atom. The van der Waals surface area contributed by atoms with Crippen LogP contribution < -0.4 is 10.1 Å². The van der Waals surface area contributed by atoms with Gasteiger partial charge in [0, 0.05) is 17.0 Å². The highest BCUT2D eigenvalue weighted by molar-refractivity contribution is 5.73. The molecule has 0 radical (unpaired) electrons. The van der Waals surface area contributed by atoms with Crippen molar-refractivity contribution in [2.24, 2.45) is 5.41 Å². The molecule has 1 saturated heterocycles. The van der Waals surface area contributed by atoms with Gasteiger partial charge in [-0.15, -0.1) is 0 Å². The molecule has 4 unspecified atom stereocenters. The van der Waals surface area contributed by atoms with Crippen LogP contribution in [0.1, 0.15) is 57.1 Å². The SMILES string of the molecule is CC1COc2c3c(cc(O)c2N1)C12CCCCC1(C)C(C3)N(C)CC2. The smallest absolute Gasteiger partial charge is 0.149 e. The molecule has 4 heteroatoms. The van der Waals surface area contributed by atoms with Crippen molar-refractivity contribution in [2.45, 2.75) is 69.9 Å². The van der Waals surface area contributed by atoms with Crippen molar-refractivity contribution in [3.63, 3.8) is 0 Å². The van der Waals surface area contributed by atoms with Gasteiger partial charge in [0.1, 0.15) is 23.8 Å². The second-order valence-corrected chi connectivity index (χ2v) is 9.14. The predicted molar refractivity (Wildman–Crippen MR) is 99.7 cm³/mol. The third-order valence-corrected chi connectivity index (χ3v) is 7.95. The lowest BCUT2D eigenvalue weighted by Crippen LogP contribution is -2.66. The number of ether oxygens (including phenoxy) is 1. The van der Waals surface area contributed by atoms with Crippen LogP contribution in [-0.4, -0.2) is 42.3 Å². The monoisotopic (exact) mass is 342 g/mol. The number of aromatic hydroxyl groups is 1. The zero-order chi connectivity index (χ0) is 17.4. The minimum Gasteiger partial charge on any atom is -0.506 e.